The highest BCUT2D eigenvalue weighted by Gasteiger charge is 1.96. The highest BCUT2D eigenvalue weighted by atomic mass is 14.9. The summed E-state index contributed by atoms with van der Waals surface area (Å²) in [6, 6.07) is 10.6. The van der Waals surface area contributed by atoms with Gasteiger partial charge in [-0.05, 0) is 31.2 Å². The van der Waals surface area contributed by atoms with E-state index in [1.165, 1.54) is 11.3 Å². The number of rotatable bonds is 8. The van der Waals surface area contributed by atoms with Gasteiger partial charge in [0.2, 0.25) is 0 Å². The predicted octanol–water partition coefficient (Wildman–Crippen LogP) is 4.08. The molecular weight excluding hydrogens is 206 g/mol. The van der Waals surface area contributed by atoms with Crippen LogP contribution in [0.2, 0.25) is 0 Å². The van der Waals surface area contributed by atoms with Crippen molar-refractivity contribution in [3.8, 4) is 0 Å². The number of hydrogen-bond donors (Lipinski definition) is 1. The van der Waals surface area contributed by atoms with Gasteiger partial charge >= 0.3 is 0 Å². The van der Waals surface area contributed by atoms with Gasteiger partial charge in [0.05, 0.1) is 0 Å². The van der Waals surface area contributed by atoms with Crippen molar-refractivity contribution >= 4 is 0 Å². The van der Waals surface area contributed by atoms with Crippen LogP contribution in [0.15, 0.2) is 54.8 Å². The van der Waals surface area contributed by atoms with Crippen molar-refractivity contribution in [2.45, 2.75) is 32.6 Å². The van der Waals surface area contributed by atoms with Crippen LogP contribution in [0.5, 0.6) is 0 Å². The molecule has 0 aromatic heterocycles. The Kier molecular flexibility index (Phi) is 6.89. The Morgan fingerprint density at radius 1 is 1.29 bits per heavy atom. The number of benzene rings is 1. The third-order valence-electron chi connectivity index (χ3n) is 2.68. The van der Waals surface area contributed by atoms with Gasteiger partial charge in [-0.25, -0.2) is 0 Å². The van der Waals surface area contributed by atoms with Gasteiger partial charge in [0, 0.05) is 12.2 Å². The highest BCUT2D eigenvalue weighted by Crippen LogP contribution is 2.04. The molecule has 92 valence electrons. The van der Waals surface area contributed by atoms with E-state index in [9.17, 15) is 0 Å². The van der Waals surface area contributed by atoms with Crippen LogP contribution in [0.4, 0.5) is 0 Å². The zero-order valence-corrected chi connectivity index (χ0v) is 10.8. The van der Waals surface area contributed by atoms with Gasteiger partial charge in [0.15, 0.2) is 0 Å². The summed E-state index contributed by atoms with van der Waals surface area (Å²) in [7, 11) is 0. The van der Waals surface area contributed by atoms with E-state index in [2.05, 4.69) is 55.2 Å². The summed E-state index contributed by atoms with van der Waals surface area (Å²) in [5, 5.41) is 3.52. The molecule has 0 saturated heterocycles. The van der Waals surface area contributed by atoms with Crippen LogP contribution < -0.4 is 5.32 Å². The smallest absolute Gasteiger partial charge is 0.0184 e. The summed E-state index contributed by atoms with van der Waals surface area (Å²) in [5.41, 5.74) is 2.74. The zero-order chi connectivity index (χ0) is 12.3. The molecular formula is C16H23N. The predicted molar refractivity (Wildman–Crippen MR) is 76.0 cm³/mol. The molecule has 0 fully saturated rings. The molecule has 0 aliphatic heterocycles. The molecule has 0 unspecified atom stereocenters. The molecule has 0 saturated carbocycles. The van der Waals surface area contributed by atoms with Gasteiger partial charge in [-0.2, -0.15) is 0 Å². The number of allylic oxidation sites excluding steroid dienone is 3. The minimum atomic E-state index is 1.01. The molecule has 1 rings (SSSR count). The molecule has 0 bridgehead atoms. The van der Waals surface area contributed by atoms with Gasteiger partial charge in [-0.1, -0.05) is 49.4 Å². The Morgan fingerprint density at radius 2 is 2.06 bits per heavy atom. The molecule has 1 nitrogen and oxygen atoms in total. The highest BCUT2D eigenvalue weighted by molar-refractivity contribution is 5.15. The first-order valence-corrected chi connectivity index (χ1v) is 6.44. The maximum atomic E-state index is 3.77. The van der Waals surface area contributed by atoms with Crippen LogP contribution in [-0.4, -0.2) is 6.54 Å². The lowest BCUT2D eigenvalue weighted by molar-refractivity contribution is 0.735. The summed E-state index contributed by atoms with van der Waals surface area (Å²) in [6.07, 6.45) is 8.54. The number of nitrogens with one attached hydrogen (secondary N) is 1. The summed E-state index contributed by atoms with van der Waals surface area (Å²) in [6.45, 7) is 6.95. The van der Waals surface area contributed by atoms with E-state index in [0.717, 1.165) is 32.2 Å². The van der Waals surface area contributed by atoms with E-state index >= 15 is 0 Å². The molecule has 0 radical (unpaired) electrons. The largest absolute Gasteiger partial charge is 0.388 e. The Morgan fingerprint density at radius 3 is 2.71 bits per heavy atom. The van der Waals surface area contributed by atoms with Crippen molar-refractivity contribution in [2.24, 2.45) is 0 Å². The maximum Gasteiger partial charge on any atom is 0.0184 e. The van der Waals surface area contributed by atoms with Crippen molar-refractivity contribution in [3.05, 3.63) is 60.3 Å². The van der Waals surface area contributed by atoms with Gasteiger partial charge in [0.25, 0.3) is 0 Å². The van der Waals surface area contributed by atoms with Gasteiger partial charge in [-0.15, -0.1) is 6.58 Å². The fraction of sp³-hybridized carbons (Fsp3) is 0.375. The second kappa shape index (κ2) is 8.63. The average Bonchev–Trinajstić information content (AvgIpc) is 2.37. The topological polar surface area (TPSA) is 12.0 Å². The van der Waals surface area contributed by atoms with E-state index < -0.39 is 0 Å². The molecule has 0 spiro atoms. The standard InChI is InChI=1S/C16H23N/c1-3-5-12-16(9-4-2)17-14-13-15-10-7-6-8-11-15/h3,6-11,17H,1,4-5,12-14H2,2H3. The lowest BCUT2D eigenvalue weighted by atomic mass is 10.1. The molecule has 0 heterocycles. The SMILES string of the molecule is C=CCCC(=CCC)NCCc1ccccc1. The summed E-state index contributed by atoms with van der Waals surface area (Å²) in [4.78, 5) is 0. The van der Waals surface area contributed by atoms with Crippen LogP contribution in [0.3, 0.4) is 0 Å². The van der Waals surface area contributed by atoms with E-state index in [1.54, 1.807) is 0 Å². The van der Waals surface area contributed by atoms with Crippen molar-refractivity contribution in [2.75, 3.05) is 6.54 Å². The monoisotopic (exact) mass is 229 g/mol. The third kappa shape index (κ3) is 5.96. The van der Waals surface area contributed by atoms with Crippen LogP contribution in [-0.2, 0) is 6.42 Å². The first-order valence-electron chi connectivity index (χ1n) is 6.44. The van der Waals surface area contributed by atoms with Gasteiger partial charge < -0.3 is 5.32 Å². The minimum absolute atomic E-state index is 1.01. The Labute approximate surface area is 105 Å². The minimum Gasteiger partial charge on any atom is -0.388 e. The van der Waals surface area contributed by atoms with Crippen molar-refractivity contribution in [1.82, 2.24) is 5.32 Å². The first-order chi connectivity index (χ1) is 8.36. The molecule has 1 aromatic carbocycles. The second-order valence-corrected chi connectivity index (χ2v) is 4.13. The third-order valence-corrected chi connectivity index (χ3v) is 2.68. The van der Waals surface area contributed by atoms with Crippen molar-refractivity contribution in [1.29, 1.82) is 0 Å². The average molecular weight is 229 g/mol. The normalized spacial score (nSPS) is 11.2. The van der Waals surface area contributed by atoms with Gasteiger partial charge in [-0.3, -0.25) is 0 Å². The molecule has 17 heavy (non-hydrogen) atoms. The summed E-state index contributed by atoms with van der Waals surface area (Å²) >= 11 is 0. The molecule has 0 amide bonds. The van der Waals surface area contributed by atoms with E-state index in [4.69, 9.17) is 0 Å². The molecule has 1 N–H and O–H groups in total. The van der Waals surface area contributed by atoms with Gasteiger partial charge in [0.1, 0.15) is 0 Å². The molecule has 0 aliphatic rings. The fourth-order valence-corrected chi connectivity index (χ4v) is 1.78. The maximum absolute atomic E-state index is 3.77. The van der Waals surface area contributed by atoms with Crippen molar-refractivity contribution < 1.29 is 0 Å². The van der Waals surface area contributed by atoms with Crippen LogP contribution in [0.1, 0.15) is 31.7 Å². The number of hydrogen-bond acceptors (Lipinski definition) is 1. The molecule has 0 aliphatic carbocycles. The molecule has 1 heteroatoms. The Balaban J connectivity index is 2.32. The van der Waals surface area contributed by atoms with Crippen LogP contribution in [0.25, 0.3) is 0 Å². The van der Waals surface area contributed by atoms with E-state index in [0.29, 0.717) is 0 Å². The lowest BCUT2D eigenvalue weighted by Crippen LogP contribution is -2.16. The fourth-order valence-electron chi connectivity index (χ4n) is 1.78. The van der Waals surface area contributed by atoms with E-state index in [1.807, 2.05) is 6.08 Å². The molecule has 1 aromatic rings. The second-order valence-electron chi connectivity index (χ2n) is 4.13. The van der Waals surface area contributed by atoms with Crippen LogP contribution in [0, 0.1) is 0 Å². The van der Waals surface area contributed by atoms with E-state index in [-0.39, 0.29) is 0 Å². The first kappa shape index (κ1) is 13.6. The van der Waals surface area contributed by atoms with Crippen LogP contribution >= 0.6 is 0 Å². The Bertz CT molecular complexity index is 338. The Hall–Kier alpha value is -1.50. The summed E-state index contributed by atoms with van der Waals surface area (Å²) < 4.78 is 0. The zero-order valence-electron chi connectivity index (χ0n) is 10.8. The molecule has 0 atom stereocenters. The quantitative estimate of drug-likeness (QED) is 0.662. The lowest BCUT2D eigenvalue weighted by Gasteiger charge is -2.10. The summed E-state index contributed by atoms with van der Waals surface area (Å²) in [5.74, 6) is 0. The van der Waals surface area contributed by atoms with Crippen molar-refractivity contribution in [3.63, 3.8) is 0 Å².